The largest absolute Gasteiger partial charge is 0.382 e. The quantitative estimate of drug-likeness (QED) is 0.319. The predicted molar refractivity (Wildman–Crippen MR) is 79.6 cm³/mol. The lowest BCUT2D eigenvalue weighted by Gasteiger charge is -2.09. The first-order chi connectivity index (χ1) is 9.80. The van der Waals surface area contributed by atoms with Crippen LogP contribution in [0.2, 0.25) is 0 Å². The fraction of sp³-hybridized carbons (Fsp3) is 0.692. The molecule has 1 aromatic rings. The summed E-state index contributed by atoms with van der Waals surface area (Å²) in [5.41, 5.74) is 2.55. The highest BCUT2D eigenvalue weighted by atomic mass is 16.5. The molecule has 1 aromatic heterocycles. The van der Waals surface area contributed by atoms with Crippen LogP contribution in [0.4, 0.5) is 11.6 Å². The number of anilines is 2. The Balaban J connectivity index is 2.21. The van der Waals surface area contributed by atoms with Crippen molar-refractivity contribution in [2.45, 2.75) is 26.2 Å². The van der Waals surface area contributed by atoms with Gasteiger partial charge in [0.1, 0.15) is 17.5 Å². The zero-order valence-electron chi connectivity index (χ0n) is 12.3. The Morgan fingerprint density at radius 3 is 2.65 bits per heavy atom. The zero-order chi connectivity index (χ0) is 14.6. The number of aryl methyl sites for hydroxylation is 1. The van der Waals surface area contributed by atoms with E-state index in [2.05, 4.69) is 20.7 Å². The molecule has 1 rings (SSSR count). The van der Waals surface area contributed by atoms with Crippen molar-refractivity contribution in [3.63, 3.8) is 0 Å². The first-order valence-electron chi connectivity index (χ1n) is 6.95. The normalized spacial score (nSPS) is 10.6. The Morgan fingerprint density at radius 1 is 1.15 bits per heavy atom. The SMILES string of the molecule is CCc1nc(NN)cc(NCCCCOCCOC)n1. The Hall–Kier alpha value is -1.44. The maximum Gasteiger partial charge on any atom is 0.145 e. The minimum absolute atomic E-state index is 0.627. The highest BCUT2D eigenvalue weighted by Crippen LogP contribution is 2.10. The van der Waals surface area contributed by atoms with Crippen LogP contribution in [0.15, 0.2) is 6.07 Å². The first-order valence-corrected chi connectivity index (χ1v) is 6.95. The fourth-order valence-corrected chi connectivity index (χ4v) is 1.61. The molecular weight excluding hydrogens is 258 g/mol. The Kier molecular flexibility index (Phi) is 8.61. The van der Waals surface area contributed by atoms with Crippen molar-refractivity contribution in [2.24, 2.45) is 5.84 Å². The molecule has 4 N–H and O–H groups in total. The molecule has 7 heteroatoms. The summed E-state index contributed by atoms with van der Waals surface area (Å²) in [6.45, 7) is 4.91. The number of rotatable bonds is 11. The predicted octanol–water partition coefficient (Wildman–Crippen LogP) is 1.18. The molecule has 1 heterocycles. The maximum absolute atomic E-state index is 5.39. The molecule has 0 fully saturated rings. The van der Waals surface area contributed by atoms with Gasteiger partial charge in [0.15, 0.2) is 0 Å². The standard InChI is InChI=1S/C13H25N5O2/c1-3-11-16-12(10-13(17-11)18-14)15-6-4-5-7-20-9-8-19-2/h10H,3-9,14H2,1-2H3,(H2,15,16,17,18). The van der Waals surface area contributed by atoms with E-state index in [1.807, 2.05) is 6.92 Å². The smallest absolute Gasteiger partial charge is 0.145 e. The molecule has 114 valence electrons. The Labute approximate surface area is 120 Å². The minimum atomic E-state index is 0.627. The highest BCUT2D eigenvalue weighted by molar-refractivity contribution is 5.46. The van der Waals surface area contributed by atoms with Crippen molar-refractivity contribution in [1.82, 2.24) is 9.97 Å². The molecule has 0 bridgehead atoms. The van der Waals surface area contributed by atoms with Crippen LogP contribution >= 0.6 is 0 Å². The summed E-state index contributed by atoms with van der Waals surface area (Å²) in [5.74, 6) is 7.57. The lowest BCUT2D eigenvalue weighted by Crippen LogP contribution is -2.12. The number of aromatic nitrogens is 2. The van der Waals surface area contributed by atoms with E-state index in [1.165, 1.54) is 0 Å². The number of hydrogen-bond donors (Lipinski definition) is 3. The van der Waals surface area contributed by atoms with Gasteiger partial charge in [0, 0.05) is 32.7 Å². The summed E-state index contributed by atoms with van der Waals surface area (Å²) in [7, 11) is 1.67. The molecule has 0 saturated carbocycles. The van der Waals surface area contributed by atoms with E-state index in [1.54, 1.807) is 13.2 Å². The highest BCUT2D eigenvalue weighted by Gasteiger charge is 2.02. The summed E-state index contributed by atoms with van der Waals surface area (Å²) < 4.78 is 10.3. The van der Waals surface area contributed by atoms with Gasteiger partial charge < -0.3 is 20.2 Å². The van der Waals surface area contributed by atoms with Gasteiger partial charge >= 0.3 is 0 Å². The monoisotopic (exact) mass is 283 g/mol. The number of unbranched alkanes of at least 4 members (excludes halogenated alkanes) is 1. The molecule has 0 aromatic carbocycles. The van der Waals surface area contributed by atoms with Gasteiger partial charge in [-0.3, -0.25) is 0 Å². The molecule has 0 atom stereocenters. The second-order valence-corrected chi connectivity index (χ2v) is 4.29. The lowest BCUT2D eigenvalue weighted by molar-refractivity contribution is 0.0691. The van der Waals surface area contributed by atoms with E-state index < -0.39 is 0 Å². The van der Waals surface area contributed by atoms with E-state index in [4.69, 9.17) is 15.3 Å². The van der Waals surface area contributed by atoms with Crippen LogP contribution < -0.4 is 16.6 Å². The number of nitrogens with one attached hydrogen (secondary N) is 2. The summed E-state index contributed by atoms with van der Waals surface area (Å²) >= 11 is 0. The molecule has 0 saturated heterocycles. The third kappa shape index (κ3) is 6.65. The van der Waals surface area contributed by atoms with Crippen LogP contribution in [0.25, 0.3) is 0 Å². The maximum atomic E-state index is 5.39. The first kappa shape index (κ1) is 16.6. The van der Waals surface area contributed by atoms with Crippen LogP contribution in [0.3, 0.4) is 0 Å². The number of nitrogens with two attached hydrogens (primary N) is 1. The minimum Gasteiger partial charge on any atom is -0.382 e. The molecule has 0 aliphatic rings. The molecule has 20 heavy (non-hydrogen) atoms. The fourth-order valence-electron chi connectivity index (χ4n) is 1.61. The summed E-state index contributed by atoms with van der Waals surface area (Å²) in [5, 5.41) is 3.27. The van der Waals surface area contributed by atoms with Crippen molar-refractivity contribution in [3.05, 3.63) is 11.9 Å². The molecule has 7 nitrogen and oxygen atoms in total. The van der Waals surface area contributed by atoms with Crippen molar-refractivity contribution in [1.29, 1.82) is 0 Å². The molecule has 0 spiro atoms. The van der Waals surface area contributed by atoms with Gasteiger partial charge in [-0.1, -0.05) is 6.92 Å². The summed E-state index contributed by atoms with van der Waals surface area (Å²) in [6.07, 6.45) is 2.80. The van der Waals surface area contributed by atoms with Crippen LogP contribution in [-0.2, 0) is 15.9 Å². The van der Waals surface area contributed by atoms with Crippen LogP contribution in [0, 0.1) is 0 Å². The second kappa shape index (κ2) is 10.4. The van der Waals surface area contributed by atoms with Gasteiger partial charge in [0.25, 0.3) is 0 Å². The number of hydrogen-bond acceptors (Lipinski definition) is 7. The van der Waals surface area contributed by atoms with Crippen LogP contribution in [0.5, 0.6) is 0 Å². The van der Waals surface area contributed by atoms with Gasteiger partial charge in [-0.15, -0.1) is 0 Å². The molecular formula is C13H25N5O2. The van der Waals surface area contributed by atoms with Gasteiger partial charge in [-0.25, -0.2) is 15.8 Å². The second-order valence-electron chi connectivity index (χ2n) is 4.29. The molecule has 0 aliphatic carbocycles. The zero-order valence-corrected chi connectivity index (χ0v) is 12.3. The number of nitrogens with zero attached hydrogens (tertiary/aromatic N) is 2. The number of ether oxygens (including phenoxy) is 2. The third-order valence-corrected chi connectivity index (χ3v) is 2.69. The van der Waals surface area contributed by atoms with Gasteiger partial charge in [-0.05, 0) is 12.8 Å². The number of methoxy groups -OCH3 is 1. The van der Waals surface area contributed by atoms with E-state index in [0.717, 1.165) is 44.1 Å². The Morgan fingerprint density at radius 2 is 1.95 bits per heavy atom. The third-order valence-electron chi connectivity index (χ3n) is 2.69. The lowest BCUT2D eigenvalue weighted by atomic mass is 10.3. The number of hydrazine groups is 1. The van der Waals surface area contributed by atoms with Crippen molar-refractivity contribution < 1.29 is 9.47 Å². The van der Waals surface area contributed by atoms with Crippen molar-refractivity contribution in [3.8, 4) is 0 Å². The van der Waals surface area contributed by atoms with Crippen molar-refractivity contribution in [2.75, 3.05) is 44.2 Å². The molecule has 0 aliphatic heterocycles. The molecule has 0 unspecified atom stereocenters. The average molecular weight is 283 g/mol. The van der Waals surface area contributed by atoms with Gasteiger partial charge in [0.2, 0.25) is 0 Å². The van der Waals surface area contributed by atoms with E-state index >= 15 is 0 Å². The van der Waals surface area contributed by atoms with E-state index in [9.17, 15) is 0 Å². The van der Waals surface area contributed by atoms with Gasteiger partial charge in [-0.2, -0.15) is 0 Å². The number of nitrogen functional groups attached to an aromatic ring is 1. The van der Waals surface area contributed by atoms with E-state index in [-0.39, 0.29) is 0 Å². The van der Waals surface area contributed by atoms with Crippen LogP contribution in [0.1, 0.15) is 25.6 Å². The van der Waals surface area contributed by atoms with Crippen LogP contribution in [-0.4, -0.2) is 43.4 Å². The van der Waals surface area contributed by atoms with Gasteiger partial charge in [0.05, 0.1) is 13.2 Å². The Bertz CT molecular complexity index is 354. The van der Waals surface area contributed by atoms with E-state index in [0.29, 0.717) is 19.0 Å². The topological polar surface area (TPSA) is 94.3 Å². The molecule has 0 amide bonds. The summed E-state index contributed by atoms with van der Waals surface area (Å²) in [6, 6.07) is 1.80. The summed E-state index contributed by atoms with van der Waals surface area (Å²) in [4.78, 5) is 8.63. The molecule has 0 radical (unpaired) electrons. The average Bonchev–Trinajstić information content (AvgIpc) is 2.49. The van der Waals surface area contributed by atoms with Crippen molar-refractivity contribution >= 4 is 11.6 Å².